The second-order valence-corrected chi connectivity index (χ2v) is 6.36. The van der Waals surface area contributed by atoms with E-state index in [-0.39, 0.29) is 25.1 Å². The monoisotopic (exact) mass is 330 g/mol. The Morgan fingerprint density at radius 3 is 2.67 bits per heavy atom. The smallest absolute Gasteiger partial charge is 0.234 e. The van der Waals surface area contributed by atoms with Crippen LogP contribution in [0.2, 0.25) is 0 Å². The van der Waals surface area contributed by atoms with Crippen molar-refractivity contribution in [2.24, 2.45) is 0 Å². The normalized spacial score (nSPS) is 12.6. The van der Waals surface area contributed by atoms with Gasteiger partial charge in [-0.1, -0.05) is 36.4 Å². The number of nitrogens with zero attached hydrogens (tertiary/aromatic N) is 1. The summed E-state index contributed by atoms with van der Waals surface area (Å²) in [6, 6.07) is 14.0. The van der Waals surface area contributed by atoms with Gasteiger partial charge in [-0.3, -0.25) is 9.69 Å². The Kier molecular flexibility index (Phi) is 6.58. The first-order valence-electron chi connectivity index (χ1n) is 8.22. The molecule has 5 heteroatoms. The van der Waals surface area contributed by atoms with Gasteiger partial charge in [0.05, 0.1) is 6.54 Å². The van der Waals surface area contributed by atoms with Crippen LogP contribution in [0.15, 0.2) is 42.5 Å². The Labute approximate surface area is 143 Å². The summed E-state index contributed by atoms with van der Waals surface area (Å²) in [5.41, 5.74) is 0. The van der Waals surface area contributed by atoms with Gasteiger partial charge in [-0.25, -0.2) is 0 Å². The van der Waals surface area contributed by atoms with Crippen molar-refractivity contribution < 1.29 is 14.6 Å². The number of nitrogens with one attached hydrogen (secondary N) is 1. The van der Waals surface area contributed by atoms with Crippen LogP contribution in [0.3, 0.4) is 0 Å². The number of rotatable bonds is 8. The molecule has 0 bridgehead atoms. The minimum absolute atomic E-state index is 0.0466. The molecule has 0 heterocycles. The van der Waals surface area contributed by atoms with Crippen LogP contribution in [0.25, 0.3) is 10.8 Å². The molecule has 1 amide bonds. The molecule has 2 aromatic rings. The van der Waals surface area contributed by atoms with E-state index in [1.807, 2.05) is 56.3 Å². The van der Waals surface area contributed by atoms with Crippen LogP contribution in [-0.4, -0.2) is 54.8 Å². The molecule has 5 nitrogen and oxygen atoms in total. The van der Waals surface area contributed by atoms with Crippen molar-refractivity contribution in [3.63, 3.8) is 0 Å². The van der Waals surface area contributed by atoms with E-state index in [4.69, 9.17) is 4.74 Å². The maximum atomic E-state index is 11.7. The molecule has 0 fully saturated rings. The highest BCUT2D eigenvalue weighted by atomic mass is 16.5. The van der Waals surface area contributed by atoms with E-state index in [2.05, 4.69) is 5.32 Å². The van der Waals surface area contributed by atoms with E-state index in [1.165, 1.54) is 0 Å². The fourth-order valence-corrected chi connectivity index (χ4v) is 2.60. The van der Waals surface area contributed by atoms with Gasteiger partial charge in [0.25, 0.3) is 0 Å². The summed E-state index contributed by atoms with van der Waals surface area (Å²) in [5, 5.41) is 15.1. The second-order valence-electron chi connectivity index (χ2n) is 6.36. The predicted octanol–water partition coefficient (Wildman–Crippen LogP) is 2.04. The Morgan fingerprint density at radius 1 is 1.21 bits per heavy atom. The highest BCUT2D eigenvalue weighted by Gasteiger charge is 2.13. The SMILES string of the molecule is CC(C)NC(=O)CN(C)CC(O)COc1cccc2ccccc12. The van der Waals surface area contributed by atoms with Gasteiger partial charge >= 0.3 is 0 Å². The van der Waals surface area contributed by atoms with Crippen molar-refractivity contribution in [1.82, 2.24) is 10.2 Å². The van der Waals surface area contributed by atoms with Crippen LogP contribution >= 0.6 is 0 Å². The summed E-state index contributed by atoms with van der Waals surface area (Å²) in [4.78, 5) is 13.5. The lowest BCUT2D eigenvalue weighted by Crippen LogP contribution is -2.42. The lowest BCUT2D eigenvalue weighted by Gasteiger charge is -2.21. The topological polar surface area (TPSA) is 61.8 Å². The molecular weight excluding hydrogens is 304 g/mol. The molecule has 0 saturated heterocycles. The van der Waals surface area contributed by atoms with Gasteiger partial charge in [0.2, 0.25) is 5.91 Å². The van der Waals surface area contributed by atoms with Crippen molar-refractivity contribution in [3.05, 3.63) is 42.5 Å². The first-order chi connectivity index (χ1) is 11.5. The summed E-state index contributed by atoms with van der Waals surface area (Å²) >= 11 is 0. The number of aliphatic hydroxyl groups excluding tert-OH is 1. The molecule has 2 rings (SSSR count). The maximum absolute atomic E-state index is 11.7. The van der Waals surface area contributed by atoms with E-state index in [0.29, 0.717) is 6.54 Å². The van der Waals surface area contributed by atoms with Gasteiger partial charge < -0.3 is 15.2 Å². The molecule has 130 valence electrons. The highest BCUT2D eigenvalue weighted by Crippen LogP contribution is 2.25. The number of carbonyl (C=O) groups excluding carboxylic acids is 1. The van der Waals surface area contributed by atoms with Gasteiger partial charge in [0, 0.05) is 18.0 Å². The predicted molar refractivity (Wildman–Crippen MR) is 96.2 cm³/mol. The third-order valence-corrected chi connectivity index (χ3v) is 3.57. The van der Waals surface area contributed by atoms with Crippen LogP contribution in [0.4, 0.5) is 0 Å². The fraction of sp³-hybridized carbons (Fsp3) is 0.421. The van der Waals surface area contributed by atoms with E-state index in [0.717, 1.165) is 16.5 Å². The standard InChI is InChI=1S/C19H26N2O3/c1-14(2)20-19(23)12-21(3)11-16(22)13-24-18-10-6-8-15-7-4-5-9-17(15)18/h4-10,14,16,22H,11-13H2,1-3H3,(H,20,23). The van der Waals surface area contributed by atoms with E-state index < -0.39 is 6.10 Å². The van der Waals surface area contributed by atoms with E-state index >= 15 is 0 Å². The number of benzene rings is 2. The number of aliphatic hydroxyl groups is 1. The fourth-order valence-electron chi connectivity index (χ4n) is 2.60. The molecule has 2 aromatic carbocycles. The first kappa shape index (κ1) is 18.2. The third-order valence-electron chi connectivity index (χ3n) is 3.57. The number of ether oxygens (including phenoxy) is 1. The maximum Gasteiger partial charge on any atom is 0.234 e. The quantitative estimate of drug-likeness (QED) is 0.777. The molecule has 1 atom stereocenters. The van der Waals surface area contributed by atoms with Crippen LogP contribution in [-0.2, 0) is 4.79 Å². The first-order valence-corrected chi connectivity index (χ1v) is 8.22. The summed E-state index contributed by atoms with van der Waals surface area (Å²) in [7, 11) is 1.81. The van der Waals surface area contributed by atoms with Gasteiger partial charge in [0.15, 0.2) is 0 Å². The molecule has 2 N–H and O–H groups in total. The minimum atomic E-state index is -0.666. The average molecular weight is 330 g/mol. The van der Waals surface area contributed by atoms with Crippen LogP contribution in [0, 0.1) is 0 Å². The molecule has 0 saturated carbocycles. The highest BCUT2D eigenvalue weighted by molar-refractivity contribution is 5.88. The van der Waals surface area contributed by atoms with Crippen molar-refractivity contribution in [3.8, 4) is 5.75 Å². The zero-order valence-electron chi connectivity index (χ0n) is 14.5. The Morgan fingerprint density at radius 2 is 1.92 bits per heavy atom. The summed E-state index contributed by atoms with van der Waals surface area (Å²) < 4.78 is 5.77. The number of carbonyl (C=O) groups is 1. The zero-order chi connectivity index (χ0) is 17.5. The minimum Gasteiger partial charge on any atom is -0.490 e. The number of amides is 1. The largest absolute Gasteiger partial charge is 0.490 e. The van der Waals surface area contributed by atoms with Gasteiger partial charge in [-0.15, -0.1) is 0 Å². The Hall–Kier alpha value is -2.11. The number of fused-ring (bicyclic) bond motifs is 1. The summed E-state index contributed by atoms with van der Waals surface area (Å²) in [6.45, 7) is 4.65. The lowest BCUT2D eigenvalue weighted by molar-refractivity contribution is -0.122. The van der Waals surface area contributed by atoms with Crippen molar-refractivity contribution >= 4 is 16.7 Å². The number of hydrogen-bond donors (Lipinski definition) is 2. The second kappa shape index (κ2) is 8.66. The van der Waals surface area contributed by atoms with E-state index in [9.17, 15) is 9.90 Å². The molecule has 0 aliphatic heterocycles. The van der Waals surface area contributed by atoms with Crippen LogP contribution in [0.1, 0.15) is 13.8 Å². The van der Waals surface area contributed by atoms with Crippen molar-refractivity contribution in [2.45, 2.75) is 26.0 Å². The molecule has 0 aliphatic rings. The molecule has 0 spiro atoms. The van der Waals surface area contributed by atoms with Crippen molar-refractivity contribution in [2.75, 3.05) is 26.7 Å². The van der Waals surface area contributed by atoms with Gasteiger partial charge in [0.1, 0.15) is 18.5 Å². The molecule has 1 unspecified atom stereocenters. The van der Waals surface area contributed by atoms with Crippen molar-refractivity contribution in [1.29, 1.82) is 0 Å². The van der Waals surface area contributed by atoms with E-state index in [1.54, 1.807) is 11.9 Å². The zero-order valence-corrected chi connectivity index (χ0v) is 14.5. The average Bonchev–Trinajstić information content (AvgIpc) is 2.51. The summed E-state index contributed by atoms with van der Waals surface area (Å²) in [5.74, 6) is 0.710. The van der Waals surface area contributed by atoms with Crippen LogP contribution < -0.4 is 10.1 Å². The molecular formula is C19H26N2O3. The summed E-state index contributed by atoms with van der Waals surface area (Å²) in [6.07, 6.45) is -0.666. The third kappa shape index (κ3) is 5.51. The lowest BCUT2D eigenvalue weighted by atomic mass is 10.1. The number of likely N-dealkylation sites (N-methyl/N-ethyl adjacent to an activating group) is 1. The van der Waals surface area contributed by atoms with Gasteiger partial charge in [-0.05, 0) is 32.3 Å². The Balaban J connectivity index is 1.84. The molecule has 0 radical (unpaired) electrons. The Bertz CT molecular complexity index is 667. The van der Waals surface area contributed by atoms with Gasteiger partial charge in [-0.2, -0.15) is 0 Å². The molecule has 0 aliphatic carbocycles. The molecule has 24 heavy (non-hydrogen) atoms. The van der Waals surface area contributed by atoms with Crippen LogP contribution in [0.5, 0.6) is 5.75 Å². The number of hydrogen-bond acceptors (Lipinski definition) is 4. The molecule has 0 aromatic heterocycles.